The van der Waals surface area contributed by atoms with E-state index in [1.54, 1.807) is 24.8 Å². The first-order valence-electron chi connectivity index (χ1n) is 5.32. The summed E-state index contributed by atoms with van der Waals surface area (Å²) in [5.74, 6) is 0. The number of hydrogen-bond donors (Lipinski definition) is 1. The van der Waals surface area contributed by atoms with Crippen LogP contribution < -0.4 is 5.32 Å². The minimum Gasteiger partial charge on any atom is -0.304 e. The predicted octanol–water partition coefficient (Wildman–Crippen LogP) is 1.57. The van der Waals surface area contributed by atoms with E-state index in [0.717, 1.165) is 17.9 Å². The molecule has 0 aliphatic carbocycles. The highest BCUT2D eigenvalue weighted by Crippen LogP contribution is 2.16. The third-order valence-corrected chi connectivity index (χ3v) is 2.27. The first-order valence-corrected chi connectivity index (χ1v) is 5.32. The van der Waals surface area contributed by atoms with Crippen molar-refractivity contribution >= 4 is 0 Å². The van der Waals surface area contributed by atoms with Crippen molar-refractivity contribution in [2.45, 2.75) is 13.0 Å². The zero-order valence-corrected chi connectivity index (χ0v) is 9.17. The van der Waals surface area contributed by atoms with Crippen LogP contribution in [0.3, 0.4) is 0 Å². The van der Waals surface area contributed by atoms with E-state index in [4.69, 9.17) is 0 Å². The Balaban J connectivity index is 2.31. The molecular formula is C12H14N4. The van der Waals surface area contributed by atoms with Crippen LogP contribution in [0.2, 0.25) is 0 Å². The fraction of sp³-hybridized carbons (Fsp3) is 0.250. The normalized spacial score (nSPS) is 12.3. The summed E-state index contributed by atoms with van der Waals surface area (Å²) >= 11 is 0. The summed E-state index contributed by atoms with van der Waals surface area (Å²) in [5, 5.41) is 3.35. The van der Waals surface area contributed by atoms with Gasteiger partial charge in [-0.1, -0.05) is 13.0 Å². The van der Waals surface area contributed by atoms with Crippen LogP contribution in [-0.2, 0) is 0 Å². The van der Waals surface area contributed by atoms with Crippen LogP contribution in [0.5, 0.6) is 0 Å². The molecule has 4 heteroatoms. The third kappa shape index (κ3) is 2.41. The van der Waals surface area contributed by atoms with Crippen molar-refractivity contribution in [3.8, 4) is 0 Å². The molecule has 1 atom stereocenters. The Morgan fingerprint density at radius 2 is 2.00 bits per heavy atom. The van der Waals surface area contributed by atoms with E-state index in [0.29, 0.717) is 0 Å². The largest absolute Gasteiger partial charge is 0.304 e. The second-order valence-electron chi connectivity index (χ2n) is 3.38. The van der Waals surface area contributed by atoms with Gasteiger partial charge in [-0.25, -0.2) is 0 Å². The summed E-state index contributed by atoms with van der Waals surface area (Å²) in [6, 6.07) is 5.88. The highest BCUT2D eigenvalue weighted by molar-refractivity contribution is 5.19. The molecule has 1 N–H and O–H groups in total. The van der Waals surface area contributed by atoms with Crippen LogP contribution >= 0.6 is 0 Å². The van der Waals surface area contributed by atoms with Crippen LogP contribution in [-0.4, -0.2) is 21.5 Å². The molecule has 0 saturated carbocycles. The molecule has 2 aromatic rings. The van der Waals surface area contributed by atoms with Crippen molar-refractivity contribution in [3.05, 3.63) is 54.4 Å². The van der Waals surface area contributed by atoms with Crippen LogP contribution in [0, 0.1) is 0 Å². The Morgan fingerprint density at radius 3 is 2.62 bits per heavy atom. The van der Waals surface area contributed by atoms with Crippen LogP contribution in [0.4, 0.5) is 0 Å². The summed E-state index contributed by atoms with van der Waals surface area (Å²) in [5.41, 5.74) is 1.85. The number of nitrogens with one attached hydrogen (secondary N) is 1. The van der Waals surface area contributed by atoms with Gasteiger partial charge < -0.3 is 5.32 Å². The topological polar surface area (TPSA) is 50.7 Å². The molecule has 0 fully saturated rings. The highest BCUT2D eigenvalue weighted by atomic mass is 15.0. The van der Waals surface area contributed by atoms with E-state index in [9.17, 15) is 0 Å². The fourth-order valence-electron chi connectivity index (χ4n) is 1.57. The van der Waals surface area contributed by atoms with Gasteiger partial charge in [0.05, 0.1) is 23.6 Å². The van der Waals surface area contributed by atoms with Gasteiger partial charge in [-0.2, -0.15) is 0 Å². The Hall–Kier alpha value is -1.81. The van der Waals surface area contributed by atoms with Gasteiger partial charge >= 0.3 is 0 Å². The lowest BCUT2D eigenvalue weighted by Crippen LogP contribution is -2.23. The highest BCUT2D eigenvalue weighted by Gasteiger charge is 2.14. The Labute approximate surface area is 94.8 Å². The first-order chi connectivity index (χ1) is 7.92. The molecule has 82 valence electrons. The van der Waals surface area contributed by atoms with Crippen molar-refractivity contribution in [1.29, 1.82) is 0 Å². The van der Waals surface area contributed by atoms with E-state index in [1.807, 2.05) is 18.2 Å². The van der Waals surface area contributed by atoms with E-state index >= 15 is 0 Å². The van der Waals surface area contributed by atoms with Crippen LogP contribution in [0.25, 0.3) is 0 Å². The molecule has 0 bridgehead atoms. The minimum absolute atomic E-state index is 0.0138. The van der Waals surface area contributed by atoms with Gasteiger partial charge in [-0.3, -0.25) is 15.0 Å². The van der Waals surface area contributed by atoms with Gasteiger partial charge in [0.15, 0.2) is 0 Å². The number of nitrogens with zero attached hydrogens (tertiary/aromatic N) is 3. The standard InChI is InChI=1S/C12H14N4/c1-2-14-12(10-5-3-4-6-15-10)11-9-13-7-8-16-11/h3-9,12,14H,2H2,1H3. The second-order valence-corrected chi connectivity index (χ2v) is 3.38. The maximum atomic E-state index is 4.34. The predicted molar refractivity (Wildman–Crippen MR) is 61.8 cm³/mol. The van der Waals surface area contributed by atoms with Crippen molar-refractivity contribution in [1.82, 2.24) is 20.3 Å². The molecule has 1 unspecified atom stereocenters. The maximum absolute atomic E-state index is 4.34. The minimum atomic E-state index is 0.0138. The number of rotatable bonds is 4. The van der Waals surface area contributed by atoms with Gasteiger partial charge in [0, 0.05) is 18.6 Å². The molecule has 2 aromatic heterocycles. The van der Waals surface area contributed by atoms with Gasteiger partial charge in [-0.15, -0.1) is 0 Å². The third-order valence-electron chi connectivity index (χ3n) is 2.27. The van der Waals surface area contributed by atoms with Crippen molar-refractivity contribution < 1.29 is 0 Å². The molecule has 0 aliphatic rings. The lowest BCUT2D eigenvalue weighted by atomic mass is 10.1. The van der Waals surface area contributed by atoms with Gasteiger partial charge in [0.1, 0.15) is 0 Å². The summed E-state index contributed by atoms with van der Waals surface area (Å²) in [6.07, 6.45) is 6.92. The Kier molecular flexibility index (Phi) is 3.56. The van der Waals surface area contributed by atoms with Crippen molar-refractivity contribution in [2.24, 2.45) is 0 Å². The molecule has 16 heavy (non-hydrogen) atoms. The Morgan fingerprint density at radius 1 is 1.12 bits per heavy atom. The van der Waals surface area contributed by atoms with Gasteiger partial charge in [0.25, 0.3) is 0 Å². The van der Waals surface area contributed by atoms with Crippen molar-refractivity contribution in [3.63, 3.8) is 0 Å². The molecule has 0 amide bonds. The van der Waals surface area contributed by atoms with E-state index in [1.165, 1.54) is 0 Å². The number of hydrogen-bond acceptors (Lipinski definition) is 4. The van der Waals surface area contributed by atoms with E-state index < -0.39 is 0 Å². The molecule has 0 radical (unpaired) electrons. The molecule has 0 aromatic carbocycles. The molecular weight excluding hydrogens is 200 g/mol. The zero-order chi connectivity index (χ0) is 11.2. The summed E-state index contributed by atoms with van der Waals surface area (Å²) in [6.45, 7) is 2.92. The molecule has 2 heterocycles. The maximum Gasteiger partial charge on any atom is 0.0940 e. The second kappa shape index (κ2) is 5.32. The van der Waals surface area contributed by atoms with Crippen molar-refractivity contribution in [2.75, 3.05) is 6.54 Å². The van der Waals surface area contributed by atoms with E-state index in [2.05, 4.69) is 27.2 Å². The number of pyridine rings is 1. The lowest BCUT2D eigenvalue weighted by molar-refractivity contribution is 0.598. The van der Waals surface area contributed by atoms with Gasteiger partial charge in [0.2, 0.25) is 0 Å². The molecule has 0 aliphatic heterocycles. The average molecular weight is 214 g/mol. The van der Waals surface area contributed by atoms with Crippen LogP contribution in [0.15, 0.2) is 43.0 Å². The summed E-state index contributed by atoms with van der Waals surface area (Å²) in [7, 11) is 0. The lowest BCUT2D eigenvalue weighted by Gasteiger charge is -2.15. The molecule has 0 saturated heterocycles. The van der Waals surface area contributed by atoms with Crippen LogP contribution in [0.1, 0.15) is 24.4 Å². The Bertz CT molecular complexity index is 376. The molecule has 2 rings (SSSR count). The number of aromatic nitrogens is 3. The summed E-state index contributed by atoms with van der Waals surface area (Å²) in [4.78, 5) is 12.7. The van der Waals surface area contributed by atoms with E-state index in [-0.39, 0.29) is 6.04 Å². The summed E-state index contributed by atoms with van der Waals surface area (Å²) < 4.78 is 0. The smallest absolute Gasteiger partial charge is 0.0940 e. The SMILES string of the molecule is CCNC(c1ccccn1)c1cnccn1. The first kappa shape index (κ1) is 10.7. The monoisotopic (exact) mass is 214 g/mol. The molecule has 0 spiro atoms. The zero-order valence-electron chi connectivity index (χ0n) is 9.17. The molecule has 4 nitrogen and oxygen atoms in total. The quantitative estimate of drug-likeness (QED) is 0.839. The fourth-order valence-corrected chi connectivity index (χ4v) is 1.57. The van der Waals surface area contributed by atoms with Gasteiger partial charge in [-0.05, 0) is 18.7 Å². The average Bonchev–Trinajstić information content (AvgIpc) is 2.38.